The summed E-state index contributed by atoms with van der Waals surface area (Å²) >= 11 is 0. The Labute approximate surface area is 197 Å². The second-order valence-corrected chi connectivity index (χ2v) is 9.40. The Morgan fingerprint density at radius 3 is 2.67 bits per heavy atom. The molecule has 0 aromatic heterocycles. The zero-order valence-electron chi connectivity index (χ0n) is 17.5. The van der Waals surface area contributed by atoms with Crippen molar-refractivity contribution in [1.82, 2.24) is 14.9 Å². The van der Waals surface area contributed by atoms with Gasteiger partial charge in [-0.25, -0.2) is 18.1 Å². The van der Waals surface area contributed by atoms with Crippen molar-refractivity contribution in [1.29, 1.82) is 0 Å². The number of rotatable bonds is 9. The van der Waals surface area contributed by atoms with E-state index in [1.54, 1.807) is 24.3 Å². The van der Waals surface area contributed by atoms with Gasteiger partial charge in [0.15, 0.2) is 5.96 Å². The summed E-state index contributed by atoms with van der Waals surface area (Å²) in [6, 6.07) is 7.26. The number of hydrogen-bond acceptors (Lipinski definition) is 5. The lowest BCUT2D eigenvalue weighted by molar-refractivity contribution is 0.114. The highest BCUT2D eigenvalue weighted by Crippen LogP contribution is 2.16. The fraction of sp³-hybridized carbons (Fsp3) is 0.650. The number of hydrogen-bond donors (Lipinski definition) is 3. The van der Waals surface area contributed by atoms with Gasteiger partial charge in [0.2, 0.25) is 10.0 Å². The molecule has 30 heavy (non-hydrogen) atoms. The first-order chi connectivity index (χ1) is 14.0. The molecule has 2 unspecified atom stereocenters. The van der Waals surface area contributed by atoms with Crippen LogP contribution in [0.15, 0.2) is 34.2 Å². The van der Waals surface area contributed by atoms with Crippen molar-refractivity contribution in [3.05, 3.63) is 29.8 Å². The fourth-order valence-electron chi connectivity index (χ4n) is 3.86. The third-order valence-electron chi connectivity index (χ3n) is 5.61. The number of ether oxygens (including phenoxy) is 1. The zero-order valence-corrected chi connectivity index (χ0v) is 20.7. The van der Waals surface area contributed by atoms with Crippen LogP contribution in [0.25, 0.3) is 0 Å². The molecule has 4 N–H and O–H groups in total. The quantitative estimate of drug-likeness (QED) is 0.245. The number of likely N-dealkylation sites (N-methyl/N-ethyl adjacent to an activating group) is 1. The second kappa shape index (κ2) is 12.2. The summed E-state index contributed by atoms with van der Waals surface area (Å²) in [5, 5.41) is 3.21. The van der Waals surface area contributed by atoms with E-state index in [9.17, 15) is 8.42 Å². The Morgan fingerprint density at radius 1 is 1.23 bits per heavy atom. The molecule has 170 valence electrons. The third kappa shape index (κ3) is 7.33. The van der Waals surface area contributed by atoms with Gasteiger partial charge in [0.1, 0.15) is 0 Å². The van der Waals surface area contributed by atoms with Crippen molar-refractivity contribution in [2.45, 2.75) is 56.2 Å². The monoisotopic (exact) mass is 551 g/mol. The van der Waals surface area contributed by atoms with E-state index in [0.29, 0.717) is 31.7 Å². The summed E-state index contributed by atoms with van der Waals surface area (Å²) in [7, 11) is -3.53. The van der Waals surface area contributed by atoms with Crippen LogP contribution < -0.4 is 15.8 Å². The molecule has 0 radical (unpaired) electrons. The average Bonchev–Trinajstić information content (AvgIpc) is 3.41. The van der Waals surface area contributed by atoms with Gasteiger partial charge >= 0.3 is 0 Å². The van der Waals surface area contributed by atoms with Crippen LogP contribution in [-0.2, 0) is 21.3 Å². The molecule has 0 amide bonds. The minimum atomic E-state index is -3.53. The van der Waals surface area contributed by atoms with Crippen molar-refractivity contribution in [2.24, 2.45) is 10.7 Å². The van der Waals surface area contributed by atoms with E-state index in [-0.39, 0.29) is 35.0 Å². The Morgan fingerprint density at radius 2 is 2.00 bits per heavy atom. The standard InChI is InChI=1S/C20H33N5O3S.HI/c1-2-25-11-3-5-17(25)14-23-20(21)22-13-16-7-9-19(10-8-16)29(26,27)24-15-18-6-4-12-28-18;/h7-10,17-18,24H,2-6,11-15H2,1H3,(H3,21,22,23);1H. The van der Waals surface area contributed by atoms with Crippen LogP contribution in [0.3, 0.4) is 0 Å². The predicted octanol–water partition coefficient (Wildman–Crippen LogP) is 1.65. The van der Waals surface area contributed by atoms with E-state index in [2.05, 4.69) is 26.9 Å². The summed E-state index contributed by atoms with van der Waals surface area (Å²) in [6.07, 6.45) is 4.27. The lowest BCUT2D eigenvalue weighted by Crippen LogP contribution is -2.42. The van der Waals surface area contributed by atoms with Gasteiger partial charge in [0, 0.05) is 25.7 Å². The van der Waals surface area contributed by atoms with Gasteiger partial charge < -0.3 is 15.8 Å². The van der Waals surface area contributed by atoms with Gasteiger partial charge in [0.05, 0.1) is 17.5 Å². The first-order valence-corrected chi connectivity index (χ1v) is 11.9. The zero-order chi connectivity index (χ0) is 20.7. The highest BCUT2D eigenvalue weighted by Gasteiger charge is 2.22. The lowest BCUT2D eigenvalue weighted by atomic mass is 10.2. The maximum atomic E-state index is 12.4. The fourth-order valence-corrected chi connectivity index (χ4v) is 4.93. The molecule has 1 aromatic rings. The lowest BCUT2D eigenvalue weighted by Gasteiger charge is -2.23. The second-order valence-electron chi connectivity index (χ2n) is 7.64. The molecule has 0 aliphatic carbocycles. The molecule has 2 fully saturated rings. The molecule has 8 nitrogen and oxygen atoms in total. The molecule has 1 aromatic carbocycles. The van der Waals surface area contributed by atoms with Crippen LogP contribution in [0.2, 0.25) is 0 Å². The van der Waals surface area contributed by atoms with Crippen LogP contribution >= 0.6 is 24.0 Å². The van der Waals surface area contributed by atoms with E-state index in [1.807, 2.05) is 0 Å². The Kier molecular flexibility index (Phi) is 10.3. The number of guanidine groups is 1. The number of sulfonamides is 1. The summed E-state index contributed by atoms with van der Waals surface area (Å²) in [4.78, 5) is 7.07. The molecule has 2 saturated heterocycles. The normalized spacial score (nSPS) is 22.8. The van der Waals surface area contributed by atoms with E-state index < -0.39 is 10.0 Å². The van der Waals surface area contributed by atoms with E-state index >= 15 is 0 Å². The van der Waals surface area contributed by atoms with Gasteiger partial charge in [-0.3, -0.25) is 4.90 Å². The molecule has 2 aliphatic rings. The summed E-state index contributed by atoms with van der Waals surface area (Å²) in [6.45, 7) is 6.61. The highest BCUT2D eigenvalue weighted by molar-refractivity contribution is 14.0. The topological polar surface area (TPSA) is 109 Å². The summed E-state index contributed by atoms with van der Waals surface area (Å²) in [5.74, 6) is 0.419. The number of aliphatic imine (C=N–C) groups is 1. The van der Waals surface area contributed by atoms with Crippen LogP contribution in [0, 0.1) is 0 Å². The van der Waals surface area contributed by atoms with Gasteiger partial charge in [-0.15, -0.1) is 24.0 Å². The number of nitrogens with zero attached hydrogens (tertiary/aromatic N) is 2. The maximum absolute atomic E-state index is 12.4. The molecule has 0 spiro atoms. The highest BCUT2D eigenvalue weighted by atomic mass is 127. The van der Waals surface area contributed by atoms with E-state index in [4.69, 9.17) is 10.5 Å². The molecule has 10 heteroatoms. The van der Waals surface area contributed by atoms with Crippen molar-refractivity contribution in [3.8, 4) is 0 Å². The van der Waals surface area contributed by atoms with Crippen LogP contribution in [0.4, 0.5) is 0 Å². The van der Waals surface area contributed by atoms with E-state index in [0.717, 1.165) is 38.0 Å². The van der Waals surface area contributed by atoms with Crippen molar-refractivity contribution in [3.63, 3.8) is 0 Å². The summed E-state index contributed by atoms with van der Waals surface area (Å²) < 4.78 is 32.9. The molecule has 2 aliphatic heterocycles. The molecule has 3 rings (SSSR count). The summed E-state index contributed by atoms with van der Waals surface area (Å²) in [5.41, 5.74) is 6.89. The van der Waals surface area contributed by atoms with Crippen LogP contribution in [-0.4, -0.2) is 64.2 Å². The van der Waals surface area contributed by atoms with Gasteiger partial charge in [-0.05, 0) is 56.5 Å². The van der Waals surface area contributed by atoms with Crippen LogP contribution in [0.1, 0.15) is 38.2 Å². The minimum absolute atomic E-state index is 0. The first-order valence-electron chi connectivity index (χ1n) is 10.5. The molecule has 2 heterocycles. The minimum Gasteiger partial charge on any atom is -0.377 e. The molecule has 0 saturated carbocycles. The van der Waals surface area contributed by atoms with E-state index in [1.165, 1.54) is 12.8 Å². The number of nitrogens with two attached hydrogens (primary N) is 1. The van der Waals surface area contributed by atoms with Gasteiger partial charge in [-0.1, -0.05) is 19.1 Å². The first kappa shape index (κ1) is 25.3. The predicted molar refractivity (Wildman–Crippen MR) is 130 cm³/mol. The van der Waals surface area contributed by atoms with Crippen molar-refractivity contribution < 1.29 is 13.2 Å². The van der Waals surface area contributed by atoms with Crippen molar-refractivity contribution in [2.75, 3.05) is 32.8 Å². The molecular weight excluding hydrogens is 517 g/mol. The number of benzene rings is 1. The van der Waals surface area contributed by atoms with Gasteiger partial charge in [-0.2, -0.15) is 0 Å². The van der Waals surface area contributed by atoms with Crippen molar-refractivity contribution >= 4 is 40.0 Å². The Hall–Kier alpha value is -0.950. The molecule has 2 atom stereocenters. The molecule has 0 bridgehead atoms. The smallest absolute Gasteiger partial charge is 0.240 e. The number of halogens is 1. The number of nitrogens with one attached hydrogen (secondary N) is 2. The average molecular weight is 551 g/mol. The largest absolute Gasteiger partial charge is 0.377 e. The molecular formula is C20H34IN5O3S. The maximum Gasteiger partial charge on any atom is 0.240 e. The SMILES string of the molecule is CCN1CCCC1CNC(N)=NCc1ccc(S(=O)(=O)NCC2CCCO2)cc1.I. The van der Waals surface area contributed by atoms with Crippen LogP contribution in [0.5, 0.6) is 0 Å². The third-order valence-corrected chi connectivity index (χ3v) is 7.05. The Bertz CT molecular complexity index is 782. The van der Waals surface area contributed by atoms with Gasteiger partial charge in [0.25, 0.3) is 0 Å². The number of likely N-dealkylation sites (tertiary alicyclic amines) is 1. The Balaban J connectivity index is 0.00000320.